The van der Waals surface area contributed by atoms with E-state index in [2.05, 4.69) is 5.32 Å². The Bertz CT molecular complexity index is 186. The molecule has 0 aromatic rings. The standard InChI is InChI=1S/C7H10FNO/c1-5-6(4-10)2-7(8)3-9-5/h2-3,5,9-10H,4H2,1H3. The average Bonchev–Trinajstić information content (AvgIpc) is 1.94. The van der Waals surface area contributed by atoms with Crippen LogP contribution in [0.3, 0.4) is 0 Å². The van der Waals surface area contributed by atoms with Crippen molar-refractivity contribution in [3.63, 3.8) is 0 Å². The van der Waals surface area contributed by atoms with Gasteiger partial charge in [0.05, 0.1) is 6.61 Å². The summed E-state index contributed by atoms with van der Waals surface area (Å²) in [5, 5.41) is 11.4. The minimum atomic E-state index is -0.331. The van der Waals surface area contributed by atoms with Crippen molar-refractivity contribution in [3.8, 4) is 0 Å². The highest BCUT2D eigenvalue weighted by Gasteiger charge is 2.10. The van der Waals surface area contributed by atoms with Gasteiger partial charge in [0.2, 0.25) is 0 Å². The number of aliphatic hydroxyl groups is 1. The van der Waals surface area contributed by atoms with E-state index in [9.17, 15) is 4.39 Å². The lowest BCUT2D eigenvalue weighted by molar-refractivity contribution is 0.319. The monoisotopic (exact) mass is 143 g/mol. The number of aliphatic hydroxyl groups excluding tert-OH is 1. The van der Waals surface area contributed by atoms with Crippen LogP contribution in [-0.4, -0.2) is 17.8 Å². The van der Waals surface area contributed by atoms with Gasteiger partial charge < -0.3 is 10.4 Å². The molecule has 0 saturated heterocycles. The maximum Gasteiger partial charge on any atom is 0.138 e. The lowest BCUT2D eigenvalue weighted by Gasteiger charge is -2.17. The summed E-state index contributed by atoms with van der Waals surface area (Å²) in [4.78, 5) is 0. The summed E-state index contributed by atoms with van der Waals surface area (Å²) in [7, 11) is 0. The van der Waals surface area contributed by atoms with E-state index >= 15 is 0 Å². The van der Waals surface area contributed by atoms with E-state index in [1.54, 1.807) is 0 Å². The summed E-state index contributed by atoms with van der Waals surface area (Å²) in [5.74, 6) is -0.331. The molecule has 1 rings (SSSR count). The number of hydrogen-bond donors (Lipinski definition) is 2. The fourth-order valence-electron chi connectivity index (χ4n) is 0.838. The minimum absolute atomic E-state index is 0.0458. The Kier molecular flexibility index (Phi) is 2.06. The first kappa shape index (κ1) is 7.28. The zero-order chi connectivity index (χ0) is 7.56. The topological polar surface area (TPSA) is 32.3 Å². The van der Waals surface area contributed by atoms with Crippen LogP contribution in [0, 0.1) is 0 Å². The summed E-state index contributed by atoms with van der Waals surface area (Å²) < 4.78 is 12.4. The fraction of sp³-hybridized carbons (Fsp3) is 0.429. The molecule has 1 heterocycles. The smallest absolute Gasteiger partial charge is 0.138 e. The summed E-state index contributed by atoms with van der Waals surface area (Å²) >= 11 is 0. The Morgan fingerprint density at radius 3 is 3.00 bits per heavy atom. The van der Waals surface area contributed by atoms with Crippen molar-refractivity contribution in [2.45, 2.75) is 13.0 Å². The summed E-state index contributed by atoms with van der Waals surface area (Å²) in [6, 6.07) is 0.0458. The van der Waals surface area contributed by atoms with E-state index in [0.29, 0.717) is 5.57 Å². The van der Waals surface area contributed by atoms with E-state index < -0.39 is 0 Å². The Labute approximate surface area is 59.1 Å². The van der Waals surface area contributed by atoms with Gasteiger partial charge in [-0.25, -0.2) is 4.39 Å². The fourth-order valence-corrected chi connectivity index (χ4v) is 0.838. The van der Waals surface area contributed by atoms with E-state index in [1.807, 2.05) is 6.92 Å². The molecule has 0 aromatic carbocycles. The second-order valence-corrected chi connectivity index (χ2v) is 2.29. The van der Waals surface area contributed by atoms with Crippen molar-refractivity contribution in [2.24, 2.45) is 0 Å². The first-order valence-electron chi connectivity index (χ1n) is 3.17. The molecule has 0 amide bonds. The molecule has 1 unspecified atom stereocenters. The lowest BCUT2D eigenvalue weighted by Crippen LogP contribution is -2.27. The Hall–Kier alpha value is -0.830. The molecule has 0 saturated carbocycles. The third kappa shape index (κ3) is 1.36. The molecule has 0 bridgehead atoms. The van der Waals surface area contributed by atoms with Gasteiger partial charge in [-0.1, -0.05) is 0 Å². The highest BCUT2D eigenvalue weighted by atomic mass is 19.1. The summed E-state index contributed by atoms with van der Waals surface area (Å²) in [6.45, 7) is 1.78. The van der Waals surface area contributed by atoms with Gasteiger partial charge >= 0.3 is 0 Å². The third-order valence-corrected chi connectivity index (χ3v) is 1.53. The Morgan fingerprint density at radius 1 is 1.80 bits per heavy atom. The van der Waals surface area contributed by atoms with Crippen molar-refractivity contribution in [1.29, 1.82) is 0 Å². The normalized spacial score (nSPS) is 24.9. The van der Waals surface area contributed by atoms with Crippen LogP contribution in [0.2, 0.25) is 0 Å². The molecule has 2 nitrogen and oxygen atoms in total. The molecule has 0 spiro atoms. The van der Waals surface area contributed by atoms with Crippen LogP contribution in [0.25, 0.3) is 0 Å². The van der Waals surface area contributed by atoms with Gasteiger partial charge in [-0.05, 0) is 18.6 Å². The third-order valence-electron chi connectivity index (χ3n) is 1.53. The van der Waals surface area contributed by atoms with Gasteiger partial charge in [-0.2, -0.15) is 0 Å². The van der Waals surface area contributed by atoms with Crippen LogP contribution in [0.15, 0.2) is 23.7 Å². The quantitative estimate of drug-likeness (QED) is 0.566. The molecule has 1 atom stereocenters. The van der Waals surface area contributed by atoms with Crippen LogP contribution in [0.5, 0.6) is 0 Å². The first-order valence-corrected chi connectivity index (χ1v) is 3.17. The zero-order valence-corrected chi connectivity index (χ0v) is 5.76. The maximum atomic E-state index is 12.4. The van der Waals surface area contributed by atoms with Crippen LogP contribution in [-0.2, 0) is 0 Å². The molecular weight excluding hydrogens is 133 g/mol. The predicted octanol–water partition coefficient (Wildman–Crippen LogP) is 0.708. The molecule has 0 radical (unpaired) electrons. The van der Waals surface area contributed by atoms with E-state index in [-0.39, 0.29) is 18.5 Å². The molecule has 56 valence electrons. The van der Waals surface area contributed by atoms with Crippen molar-refractivity contribution >= 4 is 0 Å². The molecular formula is C7H10FNO. The van der Waals surface area contributed by atoms with E-state index in [1.165, 1.54) is 12.3 Å². The van der Waals surface area contributed by atoms with Crippen LogP contribution < -0.4 is 5.32 Å². The summed E-state index contributed by atoms with van der Waals surface area (Å²) in [6.07, 6.45) is 2.64. The number of rotatable bonds is 1. The first-order chi connectivity index (χ1) is 4.74. The molecule has 2 N–H and O–H groups in total. The van der Waals surface area contributed by atoms with Gasteiger partial charge in [0.1, 0.15) is 5.83 Å². The molecule has 1 aliphatic heterocycles. The molecule has 0 aliphatic carbocycles. The highest BCUT2D eigenvalue weighted by Crippen LogP contribution is 2.11. The van der Waals surface area contributed by atoms with Crippen molar-refractivity contribution in [2.75, 3.05) is 6.61 Å². The second kappa shape index (κ2) is 2.84. The number of hydrogen-bond acceptors (Lipinski definition) is 2. The number of allylic oxidation sites excluding steroid dienone is 2. The van der Waals surface area contributed by atoms with E-state index in [4.69, 9.17) is 5.11 Å². The highest BCUT2D eigenvalue weighted by molar-refractivity contribution is 5.26. The van der Waals surface area contributed by atoms with Gasteiger partial charge in [-0.15, -0.1) is 0 Å². The molecule has 1 aliphatic rings. The Morgan fingerprint density at radius 2 is 2.50 bits per heavy atom. The molecule has 10 heavy (non-hydrogen) atoms. The second-order valence-electron chi connectivity index (χ2n) is 2.29. The van der Waals surface area contributed by atoms with E-state index in [0.717, 1.165) is 0 Å². The van der Waals surface area contributed by atoms with Crippen LogP contribution in [0.1, 0.15) is 6.92 Å². The SMILES string of the molecule is CC1NC=C(F)C=C1CO. The molecule has 0 fully saturated rings. The summed E-state index contributed by atoms with van der Waals surface area (Å²) in [5.41, 5.74) is 0.681. The van der Waals surface area contributed by atoms with Crippen LogP contribution >= 0.6 is 0 Å². The molecule has 0 aromatic heterocycles. The average molecular weight is 143 g/mol. The van der Waals surface area contributed by atoms with Crippen molar-refractivity contribution in [3.05, 3.63) is 23.7 Å². The molecule has 3 heteroatoms. The minimum Gasteiger partial charge on any atom is -0.392 e. The Balaban J connectivity index is 2.73. The largest absolute Gasteiger partial charge is 0.392 e. The number of dihydropyridines is 1. The van der Waals surface area contributed by atoms with Gasteiger partial charge in [0, 0.05) is 12.2 Å². The van der Waals surface area contributed by atoms with Crippen molar-refractivity contribution < 1.29 is 9.50 Å². The number of nitrogens with one attached hydrogen (secondary N) is 1. The van der Waals surface area contributed by atoms with Crippen LogP contribution in [0.4, 0.5) is 4.39 Å². The van der Waals surface area contributed by atoms with Crippen molar-refractivity contribution in [1.82, 2.24) is 5.32 Å². The predicted molar refractivity (Wildman–Crippen MR) is 37.0 cm³/mol. The lowest BCUT2D eigenvalue weighted by atomic mass is 10.1. The van der Waals surface area contributed by atoms with Gasteiger partial charge in [-0.3, -0.25) is 0 Å². The zero-order valence-electron chi connectivity index (χ0n) is 5.76. The number of halogens is 1. The van der Waals surface area contributed by atoms with Gasteiger partial charge in [0.15, 0.2) is 0 Å². The van der Waals surface area contributed by atoms with Gasteiger partial charge in [0.25, 0.3) is 0 Å². The maximum absolute atomic E-state index is 12.4.